The van der Waals surface area contributed by atoms with E-state index in [1.54, 1.807) is 11.3 Å². The van der Waals surface area contributed by atoms with Gasteiger partial charge >= 0.3 is 0 Å². The monoisotopic (exact) mass is 405 g/mol. The third kappa shape index (κ3) is 4.74. The molecule has 0 spiro atoms. The summed E-state index contributed by atoms with van der Waals surface area (Å²) in [6.07, 6.45) is 0.837. The van der Waals surface area contributed by atoms with Gasteiger partial charge in [0.1, 0.15) is 5.01 Å². The lowest BCUT2D eigenvalue weighted by Gasteiger charge is -2.36. The van der Waals surface area contributed by atoms with E-state index in [1.165, 1.54) is 5.56 Å². The highest BCUT2D eigenvalue weighted by molar-refractivity contribution is 7.13. The standard InChI is InChI=1S/C24H27N3OS/c1-2-22(19-9-5-3-6-10-19)24(28)27-15-13-26(14-16-27)17-21-18-29-23(25-21)20-11-7-4-8-12-20/h3-12,18,22H,2,13-17H2,1H3. The summed E-state index contributed by atoms with van der Waals surface area (Å²) in [5.41, 5.74) is 3.41. The molecule has 1 saturated heterocycles. The lowest BCUT2D eigenvalue weighted by molar-refractivity contribution is -0.134. The maximum absolute atomic E-state index is 13.1. The predicted octanol–water partition coefficient (Wildman–Crippen LogP) is 4.65. The molecule has 1 unspecified atom stereocenters. The molecule has 29 heavy (non-hydrogen) atoms. The predicted molar refractivity (Wildman–Crippen MR) is 119 cm³/mol. The van der Waals surface area contributed by atoms with Crippen LogP contribution in [-0.2, 0) is 11.3 Å². The second kappa shape index (κ2) is 9.33. The van der Waals surface area contributed by atoms with Crippen molar-refractivity contribution in [3.8, 4) is 10.6 Å². The van der Waals surface area contributed by atoms with Gasteiger partial charge in [-0.2, -0.15) is 0 Å². The highest BCUT2D eigenvalue weighted by Gasteiger charge is 2.27. The topological polar surface area (TPSA) is 36.4 Å². The zero-order valence-corrected chi connectivity index (χ0v) is 17.6. The SMILES string of the molecule is CCC(C(=O)N1CCN(Cc2csc(-c3ccccc3)n2)CC1)c1ccccc1. The van der Waals surface area contributed by atoms with E-state index in [1.807, 2.05) is 41.3 Å². The van der Waals surface area contributed by atoms with Crippen molar-refractivity contribution in [3.63, 3.8) is 0 Å². The van der Waals surface area contributed by atoms with Crippen molar-refractivity contribution < 1.29 is 4.79 Å². The molecule has 0 aliphatic carbocycles. The van der Waals surface area contributed by atoms with Gasteiger partial charge in [-0.05, 0) is 12.0 Å². The van der Waals surface area contributed by atoms with Crippen molar-refractivity contribution in [2.75, 3.05) is 26.2 Å². The van der Waals surface area contributed by atoms with Crippen LogP contribution in [0, 0.1) is 0 Å². The van der Waals surface area contributed by atoms with E-state index in [9.17, 15) is 4.79 Å². The van der Waals surface area contributed by atoms with Crippen LogP contribution in [0.1, 0.15) is 30.5 Å². The number of carbonyl (C=O) groups is 1. The van der Waals surface area contributed by atoms with E-state index in [0.29, 0.717) is 0 Å². The van der Waals surface area contributed by atoms with E-state index < -0.39 is 0 Å². The maximum Gasteiger partial charge on any atom is 0.230 e. The summed E-state index contributed by atoms with van der Waals surface area (Å²) in [5.74, 6) is 0.230. The molecule has 4 rings (SSSR count). The van der Waals surface area contributed by atoms with Gasteiger partial charge in [0.25, 0.3) is 0 Å². The number of amides is 1. The molecule has 1 aliphatic rings. The summed E-state index contributed by atoms with van der Waals surface area (Å²) < 4.78 is 0. The van der Waals surface area contributed by atoms with Crippen molar-refractivity contribution in [1.29, 1.82) is 0 Å². The Hall–Kier alpha value is -2.50. The number of piperazine rings is 1. The number of carbonyl (C=O) groups excluding carboxylic acids is 1. The van der Waals surface area contributed by atoms with Crippen molar-refractivity contribution in [3.05, 3.63) is 77.3 Å². The van der Waals surface area contributed by atoms with E-state index in [-0.39, 0.29) is 11.8 Å². The molecule has 1 atom stereocenters. The number of aromatic nitrogens is 1. The molecule has 1 amide bonds. The largest absolute Gasteiger partial charge is 0.340 e. The molecule has 0 radical (unpaired) electrons. The lowest BCUT2D eigenvalue weighted by Crippen LogP contribution is -2.49. The normalized spacial score (nSPS) is 16.0. The van der Waals surface area contributed by atoms with Gasteiger partial charge in [0, 0.05) is 43.7 Å². The van der Waals surface area contributed by atoms with Crippen LogP contribution in [0.15, 0.2) is 66.0 Å². The van der Waals surface area contributed by atoms with Crippen molar-refractivity contribution in [2.24, 2.45) is 0 Å². The van der Waals surface area contributed by atoms with Crippen LogP contribution in [0.4, 0.5) is 0 Å². The van der Waals surface area contributed by atoms with Gasteiger partial charge in [0.2, 0.25) is 5.91 Å². The zero-order valence-electron chi connectivity index (χ0n) is 16.8. The summed E-state index contributed by atoms with van der Waals surface area (Å²) >= 11 is 1.70. The minimum absolute atomic E-state index is 0.0327. The Labute approximate surface area is 176 Å². The van der Waals surface area contributed by atoms with Gasteiger partial charge in [-0.15, -0.1) is 11.3 Å². The summed E-state index contributed by atoms with van der Waals surface area (Å²) in [5, 5.41) is 3.23. The number of hydrogen-bond acceptors (Lipinski definition) is 4. The average Bonchev–Trinajstić information content (AvgIpc) is 3.25. The highest BCUT2D eigenvalue weighted by atomic mass is 32.1. The Morgan fingerprint density at radius 1 is 1.00 bits per heavy atom. The fraction of sp³-hybridized carbons (Fsp3) is 0.333. The van der Waals surface area contributed by atoms with Crippen LogP contribution in [0.2, 0.25) is 0 Å². The molecule has 1 aliphatic heterocycles. The number of rotatable bonds is 6. The van der Waals surface area contributed by atoms with E-state index in [0.717, 1.165) is 55.4 Å². The lowest BCUT2D eigenvalue weighted by atomic mass is 9.95. The van der Waals surface area contributed by atoms with Crippen LogP contribution in [0.25, 0.3) is 10.6 Å². The summed E-state index contributed by atoms with van der Waals surface area (Å²) in [6, 6.07) is 20.5. The quantitative estimate of drug-likeness (QED) is 0.599. The zero-order chi connectivity index (χ0) is 20.1. The molecule has 0 saturated carbocycles. The Morgan fingerprint density at radius 2 is 1.66 bits per heavy atom. The number of hydrogen-bond donors (Lipinski definition) is 0. The first kappa shape index (κ1) is 19.8. The number of thiazole rings is 1. The van der Waals surface area contributed by atoms with E-state index in [2.05, 4.69) is 41.5 Å². The second-order valence-electron chi connectivity index (χ2n) is 7.48. The highest BCUT2D eigenvalue weighted by Crippen LogP contribution is 2.25. The Kier molecular flexibility index (Phi) is 6.37. The minimum atomic E-state index is -0.0327. The Balaban J connectivity index is 1.33. The summed E-state index contributed by atoms with van der Waals surface area (Å²) in [6.45, 7) is 6.32. The number of nitrogens with zero attached hydrogens (tertiary/aromatic N) is 3. The molecule has 0 bridgehead atoms. The molecular formula is C24H27N3OS. The van der Waals surface area contributed by atoms with Crippen molar-refractivity contribution >= 4 is 17.2 Å². The molecule has 150 valence electrons. The Bertz CT molecular complexity index is 918. The minimum Gasteiger partial charge on any atom is -0.340 e. The molecule has 3 aromatic rings. The van der Waals surface area contributed by atoms with Crippen LogP contribution in [-0.4, -0.2) is 46.9 Å². The van der Waals surface area contributed by atoms with Crippen LogP contribution in [0.5, 0.6) is 0 Å². The third-order valence-electron chi connectivity index (χ3n) is 5.55. The molecule has 2 heterocycles. The van der Waals surface area contributed by atoms with Crippen molar-refractivity contribution in [1.82, 2.24) is 14.8 Å². The first-order valence-corrected chi connectivity index (χ1v) is 11.2. The van der Waals surface area contributed by atoms with Crippen LogP contribution >= 0.6 is 11.3 Å². The average molecular weight is 406 g/mol. The van der Waals surface area contributed by atoms with Gasteiger partial charge in [-0.1, -0.05) is 67.6 Å². The van der Waals surface area contributed by atoms with Crippen LogP contribution < -0.4 is 0 Å². The van der Waals surface area contributed by atoms with Crippen molar-refractivity contribution in [2.45, 2.75) is 25.8 Å². The smallest absolute Gasteiger partial charge is 0.230 e. The van der Waals surface area contributed by atoms with Gasteiger partial charge in [-0.3, -0.25) is 9.69 Å². The van der Waals surface area contributed by atoms with Gasteiger partial charge in [0.15, 0.2) is 0 Å². The molecule has 1 aromatic heterocycles. The molecule has 1 fully saturated rings. The van der Waals surface area contributed by atoms with Crippen LogP contribution in [0.3, 0.4) is 0 Å². The van der Waals surface area contributed by atoms with Gasteiger partial charge in [0.05, 0.1) is 11.6 Å². The molecule has 5 heteroatoms. The molecular weight excluding hydrogens is 378 g/mol. The summed E-state index contributed by atoms with van der Waals surface area (Å²) in [7, 11) is 0. The third-order valence-corrected chi connectivity index (χ3v) is 6.49. The first-order chi connectivity index (χ1) is 14.2. The number of benzene rings is 2. The molecule has 0 N–H and O–H groups in total. The molecule has 2 aromatic carbocycles. The van der Waals surface area contributed by atoms with E-state index >= 15 is 0 Å². The van der Waals surface area contributed by atoms with E-state index in [4.69, 9.17) is 4.98 Å². The summed E-state index contributed by atoms with van der Waals surface area (Å²) in [4.78, 5) is 22.3. The Morgan fingerprint density at radius 3 is 2.31 bits per heavy atom. The molecule has 4 nitrogen and oxygen atoms in total. The van der Waals surface area contributed by atoms with Gasteiger partial charge in [-0.25, -0.2) is 4.98 Å². The van der Waals surface area contributed by atoms with Gasteiger partial charge < -0.3 is 4.90 Å². The fourth-order valence-corrected chi connectivity index (χ4v) is 4.72. The first-order valence-electron chi connectivity index (χ1n) is 10.3. The maximum atomic E-state index is 13.1. The second-order valence-corrected chi connectivity index (χ2v) is 8.34. The fourth-order valence-electron chi connectivity index (χ4n) is 3.91.